The van der Waals surface area contributed by atoms with Crippen molar-refractivity contribution in [2.24, 2.45) is 0 Å². The molecule has 0 aliphatic heterocycles. The Bertz CT molecular complexity index is 1260. The van der Waals surface area contributed by atoms with Crippen LogP contribution < -0.4 is 5.32 Å². The second kappa shape index (κ2) is 9.44. The Kier molecular flexibility index (Phi) is 6.27. The number of hydrogen-bond acceptors (Lipinski definition) is 6. The largest absolute Gasteiger partial charge is 0.378 e. The van der Waals surface area contributed by atoms with Gasteiger partial charge in [-0.2, -0.15) is 9.78 Å². The van der Waals surface area contributed by atoms with Gasteiger partial charge in [0.15, 0.2) is 0 Å². The number of hydrogen-bond donors (Lipinski definition) is 1. The number of aromatic nitrogens is 5. The summed E-state index contributed by atoms with van der Waals surface area (Å²) in [5, 5.41) is 7.14. The van der Waals surface area contributed by atoms with Crippen LogP contribution in [-0.4, -0.2) is 37.7 Å². The molecule has 4 rings (SSSR count). The number of nitrogens with one attached hydrogen (secondary N) is 1. The molecule has 3 heterocycles. The van der Waals surface area contributed by atoms with E-state index in [0.29, 0.717) is 22.5 Å². The first kappa shape index (κ1) is 21.3. The fourth-order valence-corrected chi connectivity index (χ4v) is 3.24. The minimum atomic E-state index is -0.389. The second-order valence-corrected chi connectivity index (χ2v) is 7.02. The molecule has 0 atom stereocenters. The van der Waals surface area contributed by atoms with Crippen molar-refractivity contribution in [2.45, 2.75) is 20.1 Å². The van der Waals surface area contributed by atoms with Crippen molar-refractivity contribution in [1.82, 2.24) is 30.0 Å². The third kappa shape index (κ3) is 4.52. The lowest BCUT2D eigenvalue weighted by atomic mass is 10.1. The van der Waals surface area contributed by atoms with Crippen LogP contribution in [-0.2, 0) is 17.9 Å². The molecule has 1 N–H and O–H groups in total. The second-order valence-electron chi connectivity index (χ2n) is 7.02. The van der Waals surface area contributed by atoms with Crippen LogP contribution in [0, 0.1) is 12.7 Å². The highest BCUT2D eigenvalue weighted by Gasteiger charge is 2.20. The van der Waals surface area contributed by atoms with Crippen molar-refractivity contribution in [2.75, 3.05) is 7.11 Å². The summed E-state index contributed by atoms with van der Waals surface area (Å²) in [5.41, 5.74) is 3.19. The van der Waals surface area contributed by atoms with Gasteiger partial charge in [0.05, 0.1) is 42.0 Å². The zero-order chi connectivity index (χ0) is 22.5. The van der Waals surface area contributed by atoms with Gasteiger partial charge in [-0.15, -0.1) is 0 Å². The number of benzene rings is 1. The Morgan fingerprint density at radius 2 is 1.97 bits per heavy atom. The number of aryl methyl sites for hydroxylation is 1. The van der Waals surface area contributed by atoms with E-state index in [1.807, 2.05) is 25.1 Å². The fraction of sp³-hybridized carbons (Fsp3) is 0.174. The molecular formula is C23H21FN6O2. The number of pyridine rings is 1. The SMILES string of the molecule is COCc1c(C(=O)NCc2cccc(C)n2)cnn1-c1nccc(-c2ccccc2F)n1. The normalized spacial score (nSPS) is 10.8. The Morgan fingerprint density at radius 3 is 2.75 bits per heavy atom. The number of ether oxygens (including phenoxy) is 1. The summed E-state index contributed by atoms with van der Waals surface area (Å²) < 4.78 is 20.9. The first-order valence-electron chi connectivity index (χ1n) is 9.91. The van der Waals surface area contributed by atoms with Crippen molar-refractivity contribution in [3.63, 3.8) is 0 Å². The van der Waals surface area contributed by atoms with E-state index in [2.05, 4.69) is 25.4 Å². The zero-order valence-electron chi connectivity index (χ0n) is 17.6. The van der Waals surface area contributed by atoms with Crippen LogP contribution in [0.15, 0.2) is 60.9 Å². The van der Waals surface area contributed by atoms with Crippen LogP contribution in [0.25, 0.3) is 17.2 Å². The van der Waals surface area contributed by atoms with Gasteiger partial charge in [-0.05, 0) is 37.3 Å². The predicted molar refractivity (Wildman–Crippen MR) is 115 cm³/mol. The minimum Gasteiger partial charge on any atom is -0.378 e. The van der Waals surface area contributed by atoms with Gasteiger partial charge < -0.3 is 10.1 Å². The van der Waals surface area contributed by atoms with Gasteiger partial charge in [0.2, 0.25) is 0 Å². The van der Waals surface area contributed by atoms with E-state index in [1.54, 1.807) is 24.3 Å². The number of carbonyl (C=O) groups excluding carboxylic acids is 1. The molecule has 0 bridgehead atoms. The van der Waals surface area contributed by atoms with Gasteiger partial charge in [0, 0.05) is 24.6 Å². The average molecular weight is 432 g/mol. The van der Waals surface area contributed by atoms with Crippen LogP contribution >= 0.6 is 0 Å². The van der Waals surface area contributed by atoms with Crippen molar-refractivity contribution in [3.8, 4) is 17.2 Å². The van der Waals surface area contributed by atoms with E-state index in [1.165, 1.54) is 30.3 Å². The maximum Gasteiger partial charge on any atom is 0.255 e. The number of halogens is 1. The van der Waals surface area contributed by atoms with Crippen LogP contribution in [0.3, 0.4) is 0 Å². The maximum absolute atomic E-state index is 14.2. The summed E-state index contributed by atoms with van der Waals surface area (Å²) in [6.45, 7) is 2.28. The van der Waals surface area contributed by atoms with E-state index in [4.69, 9.17) is 4.74 Å². The molecule has 0 spiro atoms. The molecule has 1 amide bonds. The fourth-order valence-electron chi connectivity index (χ4n) is 3.24. The standard InChI is InChI=1S/C23H21FN6O2/c1-15-6-5-7-16(28-15)12-26-22(31)18-13-27-30(21(18)14-32-2)23-25-11-10-20(29-23)17-8-3-4-9-19(17)24/h3-11,13H,12,14H2,1-2H3,(H,26,31). The summed E-state index contributed by atoms with van der Waals surface area (Å²) in [7, 11) is 1.52. The number of rotatable bonds is 7. The number of methoxy groups -OCH3 is 1. The van der Waals surface area contributed by atoms with Crippen molar-refractivity contribution in [1.29, 1.82) is 0 Å². The van der Waals surface area contributed by atoms with E-state index >= 15 is 0 Å². The van der Waals surface area contributed by atoms with E-state index in [9.17, 15) is 9.18 Å². The molecule has 0 aliphatic carbocycles. The lowest BCUT2D eigenvalue weighted by molar-refractivity contribution is 0.0945. The van der Waals surface area contributed by atoms with E-state index < -0.39 is 0 Å². The van der Waals surface area contributed by atoms with E-state index in [0.717, 1.165) is 11.4 Å². The predicted octanol–water partition coefficient (Wildman–Crippen LogP) is 3.25. The van der Waals surface area contributed by atoms with Crippen LogP contribution in [0.1, 0.15) is 27.4 Å². The minimum absolute atomic E-state index is 0.110. The van der Waals surface area contributed by atoms with E-state index in [-0.39, 0.29) is 30.8 Å². The first-order valence-corrected chi connectivity index (χ1v) is 9.91. The molecule has 0 fully saturated rings. The summed E-state index contributed by atoms with van der Waals surface area (Å²) in [4.78, 5) is 25.9. The molecule has 0 saturated heterocycles. The van der Waals surface area contributed by atoms with Gasteiger partial charge in [-0.25, -0.2) is 14.4 Å². The third-order valence-electron chi connectivity index (χ3n) is 4.75. The van der Waals surface area contributed by atoms with Crippen LogP contribution in [0.2, 0.25) is 0 Å². The van der Waals surface area contributed by atoms with Crippen molar-refractivity contribution >= 4 is 5.91 Å². The van der Waals surface area contributed by atoms with Gasteiger partial charge in [0.1, 0.15) is 5.82 Å². The number of amides is 1. The summed E-state index contributed by atoms with van der Waals surface area (Å²) in [6.07, 6.45) is 2.96. The lowest BCUT2D eigenvalue weighted by Gasteiger charge is -2.10. The molecule has 0 unspecified atom stereocenters. The van der Waals surface area contributed by atoms with Crippen molar-refractivity contribution in [3.05, 3.63) is 89.4 Å². The highest BCUT2D eigenvalue weighted by molar-refractivity contribution is 5.95. The Labute approximate surface area is 184 Å². The van der Waals surface area contributed by atoms with Gasteiger partial charge in [-0.3, -0.25) is 9.78 Å². The Hall–Kier alpha value is -3.98. The van der Waals surface area contributed by atoms with Crippen LogP contribution in [0.4, 0.5) is 4.39 Å². The molecule has 0 aliphatic rings. The Morgan fingerprint density at radius 1 is 1.12 bits per heavy atom. The third-order valence-corrected chi connectivity index (χ3v) is 4.75. The van der Waals surface area contributed by atoms with Crippen LogP contribution in [0.5, 0.6) is 0 Å². The van der Waals surface area contributed by atoms with Crippen molar-refractivity contribution < 1.29 is 13.9 Å². The monoisotopic (exact) mass is 432 g/mol. The van der Waals surface area contributed by atoms with Gasteiger partial charge >= 0.3 is 0 Å². The average Bonchev–Trinajstić information content (AvgIpc) is 3.22. The molecule has 9 heteroatoms. The Balaban J connectivity index is 1.63. The maximum atomic E-state index is 14.2. The molecule has 8 nitrogen and oxygen atoms in total. The molecular weight excluding hydrogens is 411 g/mol. The molecule has 32 heavy (non-hydrogen) atoms. The summed E-state index contributed by atoms with van der Waals surface area (Å²) in [6, 6.07) is 13.6. The van der Waals surface area contributed by atoms with Gasteiger partial charge in [-0.1, -0.05) is 18.2 Å². The molecule has 0 radical (unpaired) electrons. The number of nitrogens with zero attached hydrogens (tertiary/aromatic N) is 5. The molecule has 162 valence electrons. The smallest absolute Gasteiger partial charge is 0.255 e. The lowest BCUT2D eigenvalue weighted by Crippen LogP contribution is -2.24. The highest BCUT2D eigenvalue weighted by Crippen LogP contribution is 2.21. The molecule has 3 aromatic heterocycles. The highest BCUT2D eigenvalue weighted by atomic mass is 19.1. The topological polar surface area (TPSA) is 94.8 Å². The van der Waals surface area contributed by atoms with Gasteiger partial charge in [0.25, 0.3) is 11.9 Å². The molecule has 4 aromatic rings. The zero-order valence-corrected chi connectivity index (χ0v) is 17.6. The molecule has 0 saturated carbocycles. The summed E-state index contributed by atoms with van der Waals surface area (Å²) in [5.74, 6) is -0.506. The molecule has 1 aromatic carbocycles. The first-order chi connectivity index (χ1) is 15.6. The number of carbonyl (C=O) groups is 1. The summed E-state index contributed by atoms with van der Waals surface area (Å²) >= 11 is 0. The quantitative estimate of drug-likeness (QED) is 0.482.